The lowest BCUT2D eigenvalue weighted by molar-refractivity contribution is -0.119. The Morgan fingerprint density at radius 2 is 1.81 bits per heavy atom. The number of nitrogens with two attached hydrogens (primary N) is 1. The van der Waals surface area contributed by atoms with Gasteiger partial charge in [0.2, 0.25) is 5.91 Å². The van der Waals surface area contributed by atoms with Crippen molar-refractivity contribution >= 4 is 23.2 Å². The Kier molecular flexibility index (Phi) is 7.12. The lowest BCUT2D eigenvalue weighted by Crippen LogP contribution is -2.40. The number of carbonyl (C=O) groups excluding carboxylic acids is 2. The Morgan fingerprint density at radius 3 is 2.45 bits per heavy atom. The maximum atomic E-state index is 12.9. The molecule has 0 saturated heterocycles. The van der Waals surface area contributed by atoms with Crippen LogP contribution in [0.5, 0.6) is 11.5 Å². The smallest absolute Gasteiger partial charge is 0.268 e. The highest BCUT2D eigenvalue weighted by Crippen LogP contribution is 2.31. The predicted octanol–water partition coefficient (Wildman–Crippen LogP) is 2.78. The Balaban J connectivity index is 1.76. The number of hydrazone groups is 1. The lowest BCUT2D eigenvalue weighted by atomic mass is 10.1. The van der Waals surface area contributed by atoms with Gasteiger partial charge in [-0.1, -0.05) is 24.3 Å². The van der Waals surface area contributed by atoms with Gasteiger partial charge in [-0.3, -0.25) is 14.6 Å². The van der Waals surface area contributed by atoms with E-state index >= 15 is 0 Å². The molecular weight excluding hydrogens is 396 g/mol. The molecular formula is C23H28N4O4. The minimum atomic E-state index is -0.700. The number of hydrogen-bond acceptors (Lipinski definition) is 6. The highest BCUT2D eigenvalue weighted by molar-refractivity contribution is 6.40. The van der Waals surface area contributed by atoms with Crippen LogP contribution in [-0.4, -0.2) is 36.8 Å². The molecule has 0 aromatic heterocycles. The number of nitrogens with zero attached hydrogens (tertiary/aromatic N) is 2. The molecule has 2 aromatic carbocycles. The molecule has 1 aliphatic heterocycles. The van der Waals surface area contributed by atoms with E-state index in [1.54, 1.807) is 0 Å². The summed E-state index contributed by atoms with van der Waals surface area (Å²) in [5, 5.41) is 8.84. The fourth-order valence-electron chi connectivity index (χ4n) is 3.39. The first-order chi connectivity index (χ1) is 14.9. The molecule has 2 amide bonds. The number of ether oxygens (including phenoxy) is 2. The average Bonchev–Trinajstić information content (AvgIpc) is 3.22. The van der Waals surface area contributed by atoms with E-state index in [0.29, 0.717) is 30.4 Å². The van der Waals surface area contributed by atoms with E-state index in [1.165, 1.54) is 5.01 Å². The molecule has 2 unspecified atom stereocenters. The van der Waals surface area contributed by atoms with Crippen LogP contribution in [0, 0.1) is 0 Å². The molecule has 8 heteroatoms. The van der Waals surface area contributed by atoms with Crippen LogP contribution < -0.4 is 25.5 Å². The van der Waals surface area contributed by atoms with Gasteiger partial charge in [0.25, 0.3) is 5.91 Å². The second kappa shape index (κ2) is 9.97. The van der Waals surface area contributed by atoms with Gasteiger partial charge in [0, 0.05) is 6.42 Å². The fraction of sp³-hybridized carbons (Fsp3) is 0.348. The van der Waals surface area contributed by atoms with Crippen molar-refractivity contribution < 1.29 is 19.1 Å². The van der Waals surface area contributed by atoms with Crippen molar-refractivity contribution in [3.8, 4) is 11.5 Å². The zero-order chi connectivity index (χ0) is 22.4. The van der Waals surface area contributed by atoms with Crippen LogP contribution in [0.2, 0.25) is 0 Å². The van der Waals surface area contributed by atoms with Gasteiger partial charge in [0.15, 0.2) is 11.5 Å². The number of primary amides is 1. The van der Waals surface area contributed by atoms with Gasteiger partial charge < -0.3 is 20.5 Å². The molecule has 3 rings (SSSR count). The summed E-state index contributed by atoms with van der Waals surface area (Å²) in [7, 11) is 0. The van der Waals surface area contributed by atoms with Gasteiger partial charge in [0.1, 0.15) is 11.8 Å². The van der Waals surface area contributed by atoms with Gasteiger partial charge >= 0.3 is 0 Å². The highest BCUT2D eigenvalue weighted by atomic mass is 16.5. The van der Waals surface area contributed by atoms with Crippen molar-refractivity contribution in [1.29, 1.82) is 0 Å². The normalized spacial score (nSPS) is 16.4. The molecule has 0 saturated carbocycles. The molecule has 0 fully saturated rings. The third-order valence-electron chi connectivity index (χ3n) is 4.94. The fourth-order valence-corrected chi connectivity index (χ4v) is 3.39. The Hall–Kier alpha value is -3.55. The minimum absolute atomic E-state index is 0.149. The molecule has 0 spiro atoms. The molecule has 8 nitrogen and oxygen atoms in total. The van der Waals surface area contributed by atoms with Crippen LogP contribution >= 0.6 is 0 Å². The first kappa shape index (κ1) is 22.1. The van der Waals surface area contributed by atoms with Gasteiger partial charge in [-0.2, -0.15) is 5.10 Å². The Bertz CT molecular complexity index is 961. The van der Waals surface area contributed by atoms with Crippen LogP contribution in [-0.2, 0) is 9.59 Å². The Morgan fingerprint density at radius 1 is 1.13 bits per heavy atom. The lowest BCUT2D eigenvalue weighted by Gasteiger charge is -2.20. The number of hydrogen-bond donors (Lipinski definition) is 2. The number of benzene rings is 2. The SMILES string of the molecule is CCOc1ccc(C(C)NC(=O)C2=NN(c3ccccc3)C(C(N)=O)C2)cc1OCC. The van der Waals surface area contributed by atoms with E-state index in [4.69, 9.17) is 15.2 Å². The van der Waals surface area contributed by atoms with Crippen molar-refractivity contribution in [3.63, 3.8) is 0 Å². The summed E-state index contributed by atoms with van der Waals surface area (Å²) in [4.78, 5) is 24.8. The van der Waals surface area contributed by atoms with E-state index in [9.17, 15) is 9.59 Å². The molecule has 2 aromatic rings. The molecule has 0 aliphatic carbocycles. The molecule has 1 heterocycles. The number of anilines is 1. The third-order valence-corrected chi connectivity index (χ3v) is 4.94. The monoisotopic (exact) mass is 424 g/mol. The van der Waals surface area contributed by atoms with Crippen molar-refractivity contribution in [1.82, 2.24) is 5.32 Å². The molecule has 1 aliphatic rings. The van der Waals surface area contributed by atoms with Crippen LogP contribution in [0.25, 0.3) is 0 Å². The molecule has 0 radical (unpaired) electrons. The van der Waals surface area contributed by atoms with Crippen LogP contribution in [0.1, 0.15) is 38.8 Å². The van der Waals surface area contributed by atoms with E-state index in [2.05, 4.69) is 10.4 Å². The van der Waals surface area contributed by atoms with Crippen molar-refractivity contribution in [2.75, 3.05) is 18.2 Å². The number of carbonyl (C=O) groups is 2. The van der Waals surface area contributed by atoms with Gasteiger partial charge in [-0.05, 0) is 50.6 Å². The van der Waals surface area contributed by atoms with E-state index in [-0.39, 0.29) is 24.1 Å². The summed E-state index contributed by atoms with van der Waals surface area (Å²) in [6.07, 6.45) is 0.149. The van der Waals surface area contributed by atoms with Crippen molar-refractivity contribution in [2.45, 2.75) is 39.3 Å². The standard InChI is InChI=1S/C23H28N4O4/c1-4-30-20-12-11-16(13-21(20)31-5-2)15(3)25-23(29)18-14-19(22(24)28)27(26-18)17-9-7-6-8-10-17/h6-13,15,19H,4-5,14H2,1-3H3,(H2,24,28)(H,25,29). The topological polar surface area (TPSA) is 106 Å². The summed E-state index contributed by atoms with van der Waals surface area (Å²) in [5.74, 6) is 0.417. The summed E-state index contributed by atoms with van der Waals surface area (Å²) in [6.45, 7) is 6.72. The first-order valence-corrected chi connectivity index (χ1v) is 10.4. The van der Waals surface area contributed by atoms with Gasteiger partial charge in [0.05, 0.1) is 24.9 Å². The van der Waals surface area contributed by atoms with Crippen LogP contribution in [0.15, 0.2) is 53.6 Å². The van der Waals surface area contributed by atoms with E-state index in [1.807, 2.05) is 69.3 Å². The van der Waals surface area contributed by atoms with Crippen LogP contribution in [0.4, 0.5) is 5.69 Å². The quantitative estimate of drug-likeness (QED) is 0.644. The molecule has 0 bridgehead atoms. The highest BCUT2D eigenvalue weighted by Gasteiger charge is 2.35. The summed E-state index contributed by atoms with van der Waals surface area (Å²) < 4.78 is 11.3. The number of nitrogens with one attached hydrogen (secondary N) is 1. The second-order valence-corrected chi connectivity index (χ2v) is 7.12. The predicted molar refractivity (Wildman–Crippen MR) is 119 cm³/mol. The molecule has 31 heavy (non-hydrogen) atoms. The molecule has 2 atom stereocenters. The van der Waals surface area contributed by atoms with E-state index < -0.39 is 11.9 Å². The number of para-hydroxylation sites is 1. The second-order valence-electron chi connectivity index (χ2n) is 7.12. The zero-order valence-electron chi connectivity index (χ0n) is 18.0. The largest absolute Gasteiger partial charge is 0.490 e. The number of amides is 2. The maximum absolute atomic E-state index is 12.9. The van der Waals surface area contributed by atoms with Crippen LogP contribution in [0.3, 0.4) is 0 Å². The van der Waals surface area contributed by atoms with Crippen molar-refractivity contribution in [3.05, 3.63) is 54.1 Å². The first-order valence-electron chi connectivity index (χ1n) is 10.4. The number of rotatable bonds is 9. The average molecular weight is 425 g/mol. The van der Waals surface area contributed by atoms with Gasteiger partial charge in [-0.25, -0.2) is 0 Å². The Labute approximate surface area is 182 Å². The minimum Gasteiger partial charge on any atom is -0.490 e. The zero-order valence-corrected chi connectivity index (χ0v) is 18.0. The van der Waals surface area contributed by atoms with Gasteiger partial charge in [-0.15, -0.1) is 0 Å². The summed E-state index contributed by atoms with van der Waals surface area (Å²) >= 11 is 0. The van der Waals surface area contributed by atoms with Crippen molar-refractivity contribution in [2.24, 2.45) is 10.8 Å². The molecule has 3 N–H and O–H groups in total. The molecule has 164 valence electrons. The summed E-state index contributed by atoms with van der Waals surface area (Å²) in [5.41, 5.74) is 7.38. The maximum Gasteiger partial charge on any atom is 0.268 e. The van der Waals surface area contributed by atoms with E-state index in [0.717, 1.165) is 5.56 Å². The summed E-state index contributed by atoms with van der Waals surface area (Å²) in [6, 6.07) is 13.8. The third kappa shape index (κ3) is 5.14.